The van der Waals surface area contributed by atoms with Crippen LogP contribution in [-0.2, 0) is 19.4 Å². The highest BCUT2D eigenvalue weighted by Gasteiger charge is 1.65. The molecule has 0 radical (unpaired) electrons. The Morgan fingerprint density at radius 1 is 0.833 bits per heavy atom. The molecule has 0 aromatic rings. The van der Waals surface area contributed by atoms with E-state index < -0.39 is 5.97 Å². The predicted molar refractivity (Wildman–Crippen MR) is 70.2 cm³/mol. The number of hydrogen-bond acceptors (Lipinski definition) is 7. The van der Waals surface area contributed by atoms with Crippen molar-refractivity contribution in [2.24, 2.45) is 0 Å². The first kappa shape index (κ1) is 43.6. The van der Waals surface area contributed by atoms with Crippen molar-refractivity contribution < 1.29 is 39.8 Å². The summed E-state index contributed by atoms with van der Waals surface area (Å²) >= 11 is 0. The van der Waals surface area contributed by atoms with Crippen molar-refractivity contribution in [2.45, 2.75) is 20.8 Å². The van der Waals surface area contributed by atoms with Gasteiger partial charge in [0.25, 0.3) is 5.97 Å². The Bertz CT molecular complexity index is 64.9. The van der Waals surface area contributed by atoms with Gasteiger partial charge in [0.2, 0.25) is 0 Å². The van der Waals surface area contributed by atoms with E-state index >= 15 is 0 Å². The third kappa shape index (κ3) is 806000. The fraction of sp³-hybridized carbons (Fsp3) is 0.800. The molecule has 0 aromatic heterocycles. The standard InChI is InChI=1S/C2H6O2.C2H4O2.C2H6.3CH4O.CH2O/c1-3-4-2;1-2(3)4;5*1-2/h1-2H3;1H3,(H,3,4);1-2H3;3*2H,1H3;1H2. The van der Waals surface area contributed by atoms with E-state index in [9.17, 15) is 0 Å². The lowest BCUT2D eigenvalue weighted by molar-refractivity contribution is -0.248. The molecule has 0 atom stereocenters. The molecule has 8 heteroatoms. The summed E-state index contributed by atoms with van der Waals surface area (Å²) in [6, 6.07) is 0. The van der Waals surface area contributed by atoms with E-state index in [0.29, 0.717) is 0 Å². The summed E-state index contributed by atoms with van der Waals surface area (Å²) in [5, 5.41) is 28.4. The molecule has 0 aromatic carbocycles. The monoisotopic (exact) mass is 278 g/mol. The summed E-state index contributed by atoms with van der Waals surface area (Å²) in [6.07, 6.45) is 0. The van der Waals surface area contributed by atoms with Crippen LogP contribution in [0.2, 0.25) is 0 Å². The Morgan fingerprint density at radius 2 is 0.889 bits per heavy atom. The topological polar surface area (TPSA) is 134 Å². The van der Waals surface area contributed by atoms with Gasteiger partial charge in [0, 0.05) is 28.3 Å². The maximum atomic E-state index is 9.00. The van der Waals surface area contributed by atoms with Crippen molar-refractivity contribution in [2.75, 3.05) is 35.5 Å². The van der Waals surface area contributed by atoms with Gasteiger partial charge in [-0.1, -0.05) is 13.8 Å². The van der Waals surface area contributed by atoms with E-state index in [1.54, 1.807) is 0 Å². The molecule has 8 nitrogen and oxygen atoms in total. The van der Waals surface area contributed by atoms with Gasteiger partial charge in [-0.15, -0.1) is 0 Å². The smallest absolute Gasteiger partial charge is 0.300 e. The van der Waals surface area contributed by atoms with E-state index in [4.69, 9.17) is 30.0 Å². The average Bonchev–Trinajstić information content (AvgIpc) is 2.48. The molecule has 0 amide bonds. The lowest BCUT2D eigenvalue weighted by Gasteiger charge is -1.78. The molecule has 0 aliphatic carbocycles. The van der Waals surface area contributed by atoms with E-state index in [1.807, 2.05) is 20.6 Å². The van der Waals surface area contributed by atoms with Crippen LogP contribution in [0.5, 0.6) is 0 Å². The van der Waals surface area contributed by atoms with Gasteiger partial charge in [0.1, 0.15) is 6.79 Å². The fourth-order valence-corrected chi connectivity index (χ4v) is 0. The largest absolute Gasteiger partial charge is 0.481 e. The number of aliphatic hydroxyl groups excluding tert-OH is 3. The number of carboxylic acids is 1. The number of rotatable bonds is 1. The molecular formula is C10H30O8. The van der Waals surface area contributed by atoms with E-state index in [1.165, 1.54) is 14.2 Å². The van der Waals surface area contributed by atoms with Crippen LogP contribution in [0.3, 0.4) is 0 Å². The Kier molecular flexibility index (Phi) is 555. The SMILES string of the molecule is C=O.CC.CC(=O)O.CO.CO.CO.COOC. The second-order valence-corrected chi connectivity index (χ2v) is 0.852. The summed E-state index contributed by atoms with van der Waals surface area (Å²) in [5.41, 5.74) is 0. The molecule has 0 bridgehead atoms. The molecule has 0 saturated heterocycles. The summed E-state index contributed by atoms with van der Waals surface area (Å²) in [7, 11) is 5.92. The molecule has 0 unspecified atom stereocenters. The molecule has 0 rings (SSSR count). The van der Waals surface area contributed by atoms with Crippen LogP contribution in [0.25, 0.3) is 0 Å². The Labute approximate surface area is 110 Å². The molecular weight excluding hydrogens is 248 g/mol. The van der Waals surface area contributed by atoms with Crippen molar-refractivity contribution in [3.05, 3.63) is 0 Å². The zero-order valence-electron chi connectivity index (χ0n) is 12.6. The molecule has 0 spiro atoms. The number of carbonyl (C=O) groups is 2. The number of aliphatic hydroxyl groups is 3. The van der Waals surface area contributed by atoms with Gasteiger partial charge in [-0.05, 0) is 0 Å². The van der Waals surface area contributed by atoms with Crippen LogP contribution in [0.4, 0.5) is 0 Å². The predicted octanol–water partition coefficient (Wildman–Crippen LogP) is -0.0481. The minimum atomic E-state index is -0.833. The first-order valence-electron chi connectivity index (χ1n) is 4.54. The molecule has 0 heterocycles. The van der Waals surface area contributed by atoms with Gasteiger partial charge in [0.05, 0.1) is 14.2 Å². The van der Waals surface area contributed by atoms with Gasteiger partial charge in [0.15, 0.2) is 0 Å². The maximum Gasteiger partial charge on any atom is 0.300 e. The highest BCUT2D eigenvalue weighted by Crippen LogP contribution is 1.52. The highest BCUT2D eigenvalue weighted by atomic mass is 17.2. The van der Waals surface area contributed by atoms with Crippen molar-refractivity contribution >= 4 is 12.8 Å². The summed E-state index contributed by atoms with van der Waals surface area (Å²) in [4.78, 5) is 25.1. The van der Waals surface area contributed by atoms with Crippen molar-refractivity contribution in [1.29, 1.82) is 0 Å². The highest BCUT2D eigenvalue weighted by molar-refractivity contribution is 5.62. The zero-order chi connectivity index (χ0) is 17.0. The lowest BCUT2D eigenvalue weighted by atomic mass is 10.9. The molecule has 0 fully saturated rings. The first-order chi connectivity index (χ1) is 8.65. The van der Waals surface area contributed by atoms with Gasteiger partial charge < -0.3 is 25.2 Å². The number of hydrogen-bond donors (Lipinski definition) is 4. The van der Waals surface area contributed by atoms with Crippen LogP contribution in [0.15, 0.2) is 0 Å². The van der Waals surface area contributed by atoms with Gasteiger partial charge in [-0.25, -0.2) is 9.78 Å². The summed E-state index contributed by atoms with van der Waals surface area (Å²) in [5.74, 6) is -0.833. The van der Waals surface area contributed by atoms with E-state index in [-0.39, 0.29) is 0 Å². The molecule has 0 aliphatic heterocycles. The Hall–Kier alpha value is -1.06. The fourth-order valence-electron chi connectivity index (χ4n) is 0. The van der Waals surface area contributed by atoms with Crippen LogP contribution in [0.1, 0.15) is 20.8 Å². The second-order valence-electron chi connectivity index (χ2n) is 0.852. The van der Waals surface area contributed by atoms with Crippen molar-refractivity contribution in [3.63, 3.8) is 0 Å². The summed E-state index contributed by atoms with van der Waals surface area (Å²) < 4.78 is 0. The zero-order valence-corrected chi connectivity index (χ0v) is 12.6. The molecule has 18 heavy (non-hydrogen) atoms. The minimum Gasteiger partial charge on any atom is -0.481 e. The van der Waals surface area contributed by atoms with E-state index in [2.05, 4.69) is 9.78 Å². The summed E-state index contributed by atoms with van der Waals surface area (Å²) in [6.45, 7) is 7.08. The van der Waals surface area contributed by atoms with Gasteiger partial charge in [-0.3, -0.25) is 4.79 Å². The Balaban J connectivity index is -0.0000000163. The third-order valence-electron chi connectivity index (χ3n) is 0.167. The maximum absolute atomic E-state index is 9.00. The van der Waals surface area contributed by atoms with Gasteiger partial charge >= 0.3 is 0 Å². The molecule has 4 N–H and O–H groups in total. The van der Waals surface area contributed by atoms with Crippen LogP contribution in [-0.4, -0.2) is 68.7 Å². The molecule has 0 saturated carbocycles. The second kappa shape index (κ2) is 229. The van der Waals surface area contributed by atoms with E-state index in [0.717, 1.165) is 28.3 Å². The number of carbonyl (C=O) groups excluding carboxylic acids is 1. The van der Waals surface area contributed by atoms with Gasteiger partial charge in [-0.2, -0.15) is 0 Å². The van der Waals surface area contributed by atoms with Crippen LogP contribution in [0, 0.1) is 0 Å². The van der Waals surface area contributed by atoms with Crippen LogP contribution < -0.4 is 0 Å². The number of aliphatic carboxylic acids is 1. The Morgan fingerprint density at radius 3 is 0.889 bits per heavy atom. The number of carboxylic acid groups (broad SMARTS) is 1. The molecule has 0 aliphatic rings. The third-order valence-corrected chi connectivity index (χ3v) is 0.167. The lowest BCUT2D eigenvalue weighted by Crippen LogP contribution is -1.78. The minimum absolute atomic E-state index is 0.833. The van der Waals surface area contributed by atoms with Crippen molar-refractivity contribution in [1.82, 2.24) is 0 Å². The first-order valence-corrected chi connectivity index (χ1v) is 4.54. The quantitative estimate of drug-likeness (QED) is 0.387. The normalized spacial score (nSPS) is 4.61. The van der Waals surface area contributed by atoms with Crippen LogP contribution >= 0.6 is 0 Å². The average molecular weight is 278 g/mol. The molecule has 118 valence electrons. The van der Waals surface area contributed by atoms with Crippen molar-refractivity contribution in [3.8, 4) is 0 Å².